The highest BCUT2D eigenvalue weighted by atomic mass is 28.4. The zero-order chi connectivity index (χ0) is 24.1. The van der Waals surface area contributed by atoms with Gasteiger partial charge in [0.25, 0.3) is 0 Å². The van der Waals surface area contributed by atoms with E-state index in [1.165, 1.54) is 24.3 Å². The molecule has 0 amide bonds. The second-order valence-corrected chi connectivity index (χ2v) is 12.7. The number of benzene rings is 2. The zero-order valence-corrected chi connectivity index (χ0v) is 18.9. The van der Waals surface area contributed by atoms with Gasteiger partial charge in [-0.25, -0.2) is 0 Å². The fourth-order valence-corrected chi connectivity index (χ4v) is 7.43. The molecule has 0 bridgehead atoms. The Bertz CT molecular complexity index is 1040. The molecule has 1 aliphatic carbocycles. The van der Waals surface area contributed by atoms with Gasteiger partial charge in [-0.2, -0.15) is 22.0 Å². The Morgan fingerprint density at radius 1 is 0.906 bits per heavy atom. The quantitative estimate of drug-likeness (QED) is 0.314. The number of hydrogen-bond donors (Lipinski definition) is 2. The predicted octanol–water partition coefficient (Wildman–Crippen LogP) is 5.86. The lowest BCUT2D eigenvalue weighted by Crippen LogP contribution is -2.63. The highest BCUT2D eigenvalue weighted by Gasteiger charge is 2.75. The van der Waals surface area contributed by atoms with Crippen molar-refractivity contribution in [3.8, 4) is 0 Å². The van der Waals surface area contributed by atoms with Gasteiger partial charge in [0.15, 0.2) is 19.7 Å². The van der Waals surface area contributed by atoms with E-state index in [1.54, 1.807) is 20.8 Å². The molecule has 4 N–H and O–H groups in total. The van der Waals surface area contributed by atoms with Crippen LogP contribution in [0.15, 0.2) is 36.4 Å². The van der Waals surface area contributed by atoms with Crippen LogP contribution in [0.4, 0.5) is 33.3 Å². The molecule has 0 radical (unpaired) electrons. The minimum absolute atomic E-state index is 0.239. The van der Waals surface area contributed by atoms with Crippen LogP contribution in [0, 0.1) is 0 Å². The minimum atomic E-state index is -6.00. The van der Waals surface area contributed by atoms with Gasteiger partial charge < -0.3 is 15.9 Å². The fourth-order valence-electron chi connectivity index (χ4n) is 4.50. The summed E-state index contributed by atoms with van der Waals surface area (Å²) < 4.78 is 80.0. The van der Waals surface area contributed by atoms with E-state index >= 15 is 8.78 Å². The molecule has 0 aliphatic heterocycles. The molecule has 4 nitrogen and oxygen atoms in total. The molecule has 1 unspecified atom stereocenters. The van der Waals surface area contributed by atoms with Gasteiger partial charge in [-0.3, -0.25) is 4.79 Å². The minimum Gasteiger partial charge on any atom is -0.398 e. The first-order chi connectivity index (χ1) is 14.8. The van der Waals surface area contributed by atoms with Gasteiger partial charge in [-0.05, 0) is 30.3 Å². The normalized spacial score (nSPS) is 18.9. The topological polar surface area (TPSA) is 78.3 Å². The van der Waals surface area contributed by atoms with Crippen molar-refractivity contribution in [1.82, 2.24) is 0 Å². The Morgan fingerprint density at radius 2 is 1.44 bits per heavy atom. The van der Waals surface area contributed by atoms with Crippen LogP contribution >= 0.6 is 0 Å². The molecule has 0 aromatic heterocycles. The molecule has 2 aromatic rings. The maximum atomic E-state index is 15.8. The maximum Gasteiger partial charge on any atom is 0.457 e. The van der Waals surface area contributed by atoms with E-state index < -0.39 is 54.2 Å². The summed E-state index contributed by atoms with van der Waals surface area (Å²) in [5.41, 5.74) is 5.91. The van der Waals surface area contributed by atoms with Crippen LogP contribution in [-0.4, -0.2) is 26.2 Å². The largest absolute Gasteiger partial charge is 0.457 e. The maximum absolute atomic E-state index is 15.8. The Morgan fingerprint density at radius 3 is 1.97 bits per heavy atom. The highest BCUT2D eigenvalue weighted by molar-refractivity contribution is 6.73. The number of halogens is 5. The summed E-state index contributed by atoms with van der Waals surface area (Å²) in [5, 5.41) is 0. The van der Waals surface area contributed by atoms with Crippen LogP contribution in [0.2, 0.25) is 18.1 Å². The Labute approximate surface area is 183 Å². The molecule has 0 saturated heterocycles. The summed E-state index contributed by atoms with van der Waals surface area (Å²) in [4.78, 5) is 13.2. The zero-order valence-electron chi connectivity index (χ0n) is 17.9. The summed E-state index contributed by atoms with van der Waals surface area (Å²) >= 11 is 0. The van der Waals surface area contributed by atoms with Gasteiger partial charge in [0.1, 0.15) is 0 Å². The first kappa shape index (κ1) is 24.2. The van der Waals surface area contributed by atoms with Gasteiger partial charge in [0, 0.05) is 28.1 Å². The van der Waals surface area contributed by atoms with Crippen molar-refractivity contribution in [2.45, 2.75) is 56.6 Å². The van der Waals surface area contributed by atoms with Crippen molar-refractivity contribution in [2.75, 3.05) is 11.5 Å². The average molecular weight is 473 g/mol. The van der Waals surface area contributed by atoms with E-state index in [2.05, 4.69) is 0 Å². The number of carbonyl (C=O) groups excluding carboxylic acids is 1. The first-order valence-corrected chi connectivity index (χ1v) is 12.8. The third-order valence-corrected chi connectivity index (χ3v) is 11.1. The smallest absolute Gasteiger partial charge is 0.398 e. The van der Waals surface area contributed by atoms with E-state index in [0.29, 0.717) is 18.1 Å². The predicted molar refractivity (Wildman–Crippen MR) is 115 cm³/mol. The van der Waals surface area contributed by atoms with Gasteiger partial charge in [-0.1, -0.05) is 45.0 Å². The molecule has 0 saturated carbocycles. The van der Waals surface area contributed by atoms with Crippen LogP contribution < -0.4 is 11.5 Å². The van der Waals surface area contributed by atoms with Crippen molar-refractivity contribution in [2.24, 2.45) is 0 Å². The summed E-state index contributed by atoms with van der Waals surface area (Å²) in [6, 6.07) is 8.23. The number of fused-ring (bicyclic) bond motifs is 2. The number of ketones is 1. The summed E-state index contributed by atoms with van der Waals surface area (Å²) in [6.07, 6.45) is -6.00. The standard InChI is InChI=1S/C22H25F5N2O2Si/c1-4-32(5-2,6-3)31-20(21(23,24)22(25,26)27)14-10-8-7-9-13(14)19(30)17-15(28)11-12-16(29)18(17)20/h7-12H,4-6,28-29H2,1-3H3. The lowest BCUT2D eigenvalue weighted by molar-refractivity contribution is -0.333. The van der Waals surface area contributed by atoms with Crippen LogP contribution in [0.3, 0.4) is 0 Å². The number of nitrogens with two attached hydrogens (primary N) is 2. The van der Waals surface area contributed by atoms with E-state index in [0.717, 1.165) is 12.1 Å². The number of hydrogen-bond acceptors (Lipinski definition) is 4. The Hall–Kier alpha value is -2.46. The van der Waals surface area contributed by atoms with Crippen LogP contribution in [0.1, 0.15) is 47.8 Å². The third-order valence-electron chi connectivity index (χ3n) is 6.50. The number of alkyl halides is 5. The Kier molecular flexibility index (Phi) is 5.93. The molecular weight excluding hydrogens is 447 g/mol. The number of rotatable bonds is 6. The molecule has 0 fully saturated rings. The molecular formula is C22H25F5N2O2Si. The van der Waals surface area contributed by atoms with Gasteiger partial charge in [0.05, 0.1) is 5.56 Å². The van der Waals surface area contributed by atoms with Gasteiger partial charge in [-0.15, -0.1) is 0 Å². The van der Waals surface area contributed by atoms with Crippen LogP contribution in [-0.2, 0) is 10.0 Å². The van der Waals surface area contributed by atoms with Gasteiger partial charge in [0.2, 0.25) is 0 Å². The van der Waals surface area contributed by atoms with E-state index in [9.17, 15) is 18.0 Å². The van der Waals surface area contributed by atoms with E-state index in [4.69, 9.17) is 15.9 Å². The molecule has 0 spiro atoms. The second-order valence-electron chi connectivity index (χ2n) is 7.97. The molecule has 32 heavy (non-hydrogen) atoms. The summed E-state index contributed by atoms with van der Waals surface area (Å²) in [7, 11) is -3.15. The molecule has 174 valence electrons. The monoisotopic (exact) mass is 472 g/mol. The number of anilines is 2. The van der Waals surface area contributed by atoms with Crippen molar-refractivity contribution in [3.05, 3.63) is 58.7 Å². The third kappa shape index (κ3) is 3.14. The average Bonchev–Trinajstić information content (AvgIpc) is 2.75. The van der Waals surface area contributed by atoms with Crippen molar-refractivity contribution < 1.29 is 31.2 Å². The Balaban J connectivity index is 2.60. The van der Waals surface area contributed by atoms with E-state index in [-0.39, 0.29) is 11.3 Å². The SMILES string of the molecule is CC[Si](CC)(CC)OC1(C(F)(F)C(F)(F)F)c2ccccc2C(=O)c2c(N)ccc(N)c21. The second kappa shape index (κ2) is 7.84. The summed E-state index contributed by atoms with van der Waals surface area (Å²) in [5.74, 6) is -6.18. The molecule has 3 rings (SSSR count). The number of nitrogen functional groups attached to an aromatic ring is 2. The van der Waals surface area contributed by atoms with Crippen molar-refractivity contribution in [1.29, 1.82) is 0 Å². The molecule has 1 aliphatic rings. The molecule has 0 heterocycles. The van der Waals surface area contributed by atoms with Crippen molar-refractivity contribution in [3.63, 3.8) is 0 Å². The molecule has 2 aromatic carbocycles. The number of carbonyl (C=O) groups is 1. The molecule has 10 heteroatoms. The van der Waals surface area contributed by atoms with Gasteiger partial charge >= 0.3 is 12.1 Å². The first-order valence-electron chi connectivity index (χ1n) is 10.3. The fraction of sp³-hybridized carbons (Fsp3) is 0.409. The highest BCUT2D eigenvalue weighted by Crippen LogP contribution is 2.60. The van der Waals surface area contributed by atoms with Crippen molar-refractivity contribution >= 4 is 25.5 Å². The summed E-state index contributed by atoms with van der Waals surface area (Å²) in [6.45, 7) is 5.13. The van der Waals surface area contributed by atoms with Crippen LogP contribution in [0.5, 0.6) is 0 Å². The lowest BCUT2D eigenvalue weighted by Gasteiger charge is -2.50. The molecule has 1 atom stereocenters. The van der Waals surface area contributed by atoms with E-state index in [1.807, 2.05) is 0 Å². The van der Waals surface area contributed by atoms with Crippen LogP contribution in [0.25, 0.3) is 0 Å². The lowest BCUT2D eigenvalue weighted by atomic mass is 9.69.